The monoisotopic (exact) mass is 270 g/mol. The van der Waals surface area contributed by atoms with Crippen molar-refractivity contribution >= 4 is 17.3 Å². The number of methoxy groups -OCH3 is 1. The van der Waals surface area contributed by atoms with Crippen molar-refractivity contribution < 1.29 is 9.53 Å². The molecule has 2 aromatic rings. The smallest absolute Gasteiger partial charge is 0.257 e. The molecule has 0 saturated carbocycles. The van der Waals surface area contributed by atoms with Gasteiger partial charge in [0.25, 0.3) is 5.91 Å². The van der Waals surface area contributed by atoms with E-state index in [0.29, 0.717) is 17.0 Å². The molecule has 2 N–H and O–H groups in total. The van der Waals surface area contributed by atoms with Crippen molar-refractivity contribution in [1.29, 1.82) is 0 Å². The van der Waals surface area contributed by atoms with Gasteiger partial charge in [0.1, 0.15) is 5.75 Å². The minimum absolute atomic E-state index is 0.161. The molecule has 2 aromatic carbocycles. The molecule has 0 aliphatic carbocycles. The highest BCUT2D eigenvalue weighted by Crippen LogP contribution is 2.24. The third-order valence-electron chi connectivity index (χ3n) is 2.89. The average Bonchev–Trinajstić information content (AvgIpc) is 2.48. The highest BCUT2D eigenvalue weighted by molar-refractivity contribution is 6.08. The lowest BCUT2D eigenvalue weighted by Crippen LogP contribution is -2.15. The van der Waals surface area contributed by atoms with E-state index in [1.54, 1.807) is 13.2 Å². The number of ether oxygens (including phenoxy) is 1. The zero-order valence-electron chi connectivity index (χ0n) is 11.6. The Kier molecular flexibility index (Phi) is 4.60. The van der Waals surface area contributed by atoms with Crippen LogP contribution in [0.2, 0.25) is 0 Å². The van der Waals surface area contributed by atoms with E-state index in [1.165, 1.54) is 0 Å². The van der Waals surface area contributed by atoms with Gasteiger partial charge in [-0.2, -0.15) is 0 Å². The van der Waals surface area contributed by atoms with E-state index in [4.69, 9.17) is 4.74 Å². The number of benzene rings is 2. The summed E-state index contributed by atoms with van der Waals surface area (Å²) in [5, 5.41) is 6.05. The number of rotatable bonds is 5. The molecule has 0 aliphatic rings. The van der Waals surface area contributed by atoms with Crippen molar-refractivity contribution in [1.82, 2.24) is 0 Å². The molecule has 20 heavy (non-hydrogen) atoms. The molecule has 0 heterocycles. The number of anilines is 2. The van der Waals surface area contributed by atoms with Crippen molar-refractivity contribution in [2.45, 2.75) is 6.92 Å². The Morgan fingerprint density at radius 3 is 2.40 bits per heavy atom. The predicted molar refractivity (Wildman–Crippen MR) is 81.6 cm³/mol. The van der Waals surface area contributed by atoms with E-state index in [-0.39, 0.29) is 5.91 Å². The lowest BCUT2D eigenvalue weighted by atomic mass is 10.1. The van der Waals surface area contributed by atoms with E-state index < -0.39 is 0 Å². The number of para-hydroxylation sites is 3. The molecular formula is C16H18N2O2. The van der Waals surface area contributed by atoms with Gasteiger partial charge in [-0.05, 0) is 31.2 Å². The fourth-order valence-electron chi connectivity index (χ4n) is 1.96. The molecule has 0 atom stereocenters. The Morgan fingerprint density at radius 2 is 1.70 bits per heavy atom. The first kappa shape index (κ1) is 13.9. The quantitative estimate of drug-likeness (QED) is 0.875. The van der Waals surface area contributed by atoms with Crippen LogP contribution >= 0.6 is 0 Å². The standard InChI is InChI=1S/C16H18N2O2/c1-3-17-13-9-5-4-8-12(13)16(19)18-14-10-6-7-11-15(14)20-2/h4-11,17H,3H2,1-2H3,(H,18,19). The molecule has 4 nitrogen and oxygen atoms in total. The van der Waals surface area contributed by atoms with Gasteiger partial charge in [-0.15, -0.1) is 0 Å². The Balaban J connectivity index is 2.24. The van der Waals surface area contributed by atoms with E-state index >= 15 is 0 Å². The molecule has 0 unspecified atom stereocenters. The first-order chi connectivity index (χ1) is 9.76. The van der Waals surface area contributed by atoms with E-state index in [2.05, 4.69) is 10.6 Å². The fourth-order valence-corrected chi connectivity index (χ4v) is 1.96. The van der Waals surface area contributed by atoms with Crippen LogP contribution in [-0.2, 0) is 0 Å². The van der Waals surface area contributed by atoms with Crippen molar-refractivity contribution in [3.63, 3.8) is 0 Å². The van der Waals surface area contributed by atoms with Gasteiger partial charge in [-0.25, -0.2) is 0 Å². The number of hydrogen-bond donors (Lipinski definition) is 2. The highest BCUT2D eigenvalue weighted by Gasteiger charge is 2.12. The SMILES string of the molecule is CCNc1ccccc1C(=O)Nc1ccccc1OC. The predicted octanol–water partition coefficient (Wildman–Crippen LogP) is 3.38. The molecule has 1 amide bonds. The molecule has 0 radical (unpaired) electrons. The normalized spacial score (nSPS) is 9.90. The van der Waals surface area contributed by atoms with Gasteiger partial charge in [0.15, 0.2) is 0 Å². The number of carbonyl (C=O) groups is 1. The van der Waals surface area contributed by atoms with Gasteiger partial charge < -0.3 is 15.4 Å². The zero-order valence-corrected chi connectivity index (χ0v) is 11.6. The van der Waals surface area contributed by atoms with Crippen LogP contribution in [0.4, 0.5) is 11.4 Å². The molecule has 0 fully saturated rings. The van der Waals surface area contributed by atoms with Gasteiger partial charge >= 0.3 is 0 Å². The lowest BCUT2D eigenvalue weighted by molar-refractivity contribution is 0.102. The summed E-state index contributed by atoms with van der Waals surface area (Å²) in [6, 6.07) is 14.8. The summed E-state index contributed by atoms with van der Waals surface area (Å²) in [6.07, 6.45) is 0. The maximum atomic E-state index is 12.4. The van der Waals surface area contributed by atoms with Crippen LogP contribution < -0.4 is 15.4 Å². The third-order valence-corrected chi connectivity index (χ3v) is 2.89. The van der Waals surface area contributed by atoms with Crippen LogP contribution in [0.1, 0.15) is 17.3 Å². The van der Waals surface area contributed by atoms with Crippen LogP contribution in [0.5, 0.6) is 5.75 Å². The zero-order chi connectivity index (χ0) is 14.4. The van der Waals surface area contributed by atoms with Crippen LogP contribution in [0.15, 0.2) is 48.5 Å². The first-order valence-electron chi connectivity index (χ1n) is 6.53. The molecule has 4 heteroatoms. The largest absolute Gasteiger partial charge is 0.495 e. The van der Waals surface area contributed by atoms with Crippen LogP contribution in [-0.4, -0.2) is 19.6 Å². The van der Waals surface area contributed by atoms with Crippen molar-refractivity contribution in [3.05, 3.63) is 54.1 Å². The average molecular weight is 270 g/mol. The summed E-state index contributed by atoms with van der Waals surface area (Å²) >= 11 is 0. The van der Waals surface area contributed by atoms with E-state index in [9.17, 15) is 4.79 Å². The molecule has 0 bridgehead atoms. The molecule has 2 rings (SSSR count). The maximum absolute atomic E-state index is 12.4. The van der Waals surface area contributed by atoms with Gasteiger partial charge in [-0.1, -0.05) is 24.3 Å². The van der Waals surface area contributed by atoms with Crippen molar-refractivity contribution in [3.8, 4) is 5.75 Å². The Labute approximate surface area is 118 Å². The Hall–Kier alpha value is -2.49. The second-order valence-corrected chi connectivity index (χ2v) is 4.23. The third kappa shape index (κ3) is 3.09. The van der Waals surface area contributed by atoms with E-state index in [0.717, 1.165) is 12.2 Å². The summed E-state index contributed by atoms with van der Waals surface area (Å²) < 4.78 is 5.23. The summed E-state index contributed by atoms with van der Waals surface area (Å²) in [5.74, 6) is 0.479. The molecular weight excluding hydrogens is 252 g/mol. The van der Waals surface area contributed by atoms with Crippen LogP contribution in [0.25, 0.3) is 0 Å². The van der Waals surface area contributed by atoms with Crippen LogP contribution in [0.3, 0.4) is 0 Å². The topological polar surface area (TPSA) is 50.4 Å². The lowest BCUT2D eigenvalue weighted by Gasteiger charge is -2.12. The molecule has 104 valence electrons. The van der Waals surface area contributed by atoms with Gasteiger partial charge in [0.05, 0.1) is 18.4 Å². The summed E-state index contributed by atoms with van der Waals surface area (Å²) in [6.45, 7) is 2.76. The highest BCUT2D eigenvalue weighted by atomic mass is 16.5. The first-order valence-corrected chi connectivity index (χ1v) is 6.53. The summed E-state index contributed by atoms with van der Waals surface area (Å²) in [5.41, 5.74) is 2.09. The minimum atomic E-state index is -0.161. The number of nitrogens with one attached hydrogen (secondary N) is 2. The second-order valence-electron chi connectivity index (χ2n) is 4.23. The second kappa shape index (κ2) is 6.61. The Bertz CT molecular complexity index is 597. The Morgan fingerprint density at radius 1 is 1.05 bits per heavy atom. The minimum Gasteiger partial charge on any atom is -0.495 e. The fraction of sp³-hybridized carbons (Fsp3) is 0.188. The van der Waals surface area contributed by atoms with Crippen molar-refractivity contribution in [2.75, 3.05) is 24.3 Å². The summed E-state index contributed by atoms with van der Waals surface area (Å²) in [4.78, 5) is 12.4. The number of hydrogen-bond acceptors (Lipinski definition) is 3. The number of carbonyl (C=O) groups excluding carboxylic acids is 1. The van der Waals surface area contributed by atoms with Crippen molar-refractivity contribution in [2.24, 2.45) is 0 Å². The van der Waals surface area contributed by atoms with Gasteiger partial charge in [-0.3, -0.25) is 4.79 Å². The number of amides is 1. The molecule has 0 aliphatic heterocycles. The van der Waals surface area contributed by atoms with Gasteiger partial charge in [0.2, 0.25) is 0 Å². The maximum Gasteiger partial charge on any atom is 0.257 e. The molecule has 0 saturated heterocycles. The van der Waals surface area contributed by atoms with E-state index in [1.807, 2.05) is 49.4 Å². The van der Waals surface area contributed by atoms with Gasteiger partial charge in [0, 0.05) is 12.2 Å². The summed E-state index contributed by atoms with van der Waals surface area (Å²) in [7, 11) is 1.58. The molecule has 0 spiro atoms. The molecule has 0 aromatic heterocycles. The van der Waals surface area contributed by atoms with Crippen LogP contribution in [0, 0.1) is 0 Å².